The smallest absolute Gasteiger partial charge is 0.307 e. The van der Waals surface area contributed by atoms with Gasteiger partial charge in [-0.3, -0.25) is 9.59 Å². The van der Waals surface area contributed by atoms with Crippen LogP contribution < -0.4 is 10.1 Å². The second-order valence-electron chi connectivity index (χ2n) is 5.84. The first kappa shape index (κ1) is 18.5. The Morgan fingerprint density at radius 2 is 1.64 bits per heavy atom. The van der Waals surface area contributed by atoms with Crippen LogP contribution in [0.5, 0.6) is 5.75 Å². The number of hydrogen-bond acceptors (Lipinski definition) is 4. The summed E-state index contributed by atoms with van der Waals surface area (Å²) in [6.07, 6.45) is 0.330. The van der Waals surface area contributed by atoms with Gasteiger partial charge in [-0.15, -0.1) is 0 Å². The minimum absolute atomic E-state index is 0.0719. The molecule has 1 amide bonds. The van der Waals surface area contributed by atoms with Gasteiger partial charge in [-0.25, -0.2) is 0 Å². The van der Waals surface area contributed by atoms with Crippen molar-refractivity contribution in [3.05, 3.63) is 65.2 Å². The van der Waals surface area contributed by atoms with E-state index in [9.17, 15) is 9.59 Å². The van der Waals surface area contributed by atoms with E-state index < -0.39 is 6.04 Å². The molecule has 0 saturated heterocycles. The highest BCUT2D eigenvalue weighted by Gasteiger charge is 2.19. The van der Waals surface area contributed by atoms with Crippen LogP contribution in [0.1, 0.15) is 29.2 Å². The predicted octanol–water partition coefficient (Wildman–Crippen LogP) is 2.97. The molecule has 0 radical (unpaired) electrons. The number of benzene rings is 2. The molecule has 0 bridgehead atoms. The SMILES string of the molecule is COC(=O)CC(NC(=O)Cc1ccc(C)cc1)c1ccc(OC)cc1. The molecule has 0 spiro atoms. The number of ether oxygens (including phenoxy) is 2. The van der Waals surface area contributed by atoms with Crippen LogP contribution in [0.3, 0.4) is 0 Å². The van der Waals surface area contributed by atoms with E-state index in [0.717, 1.165) is 16.7 Å². The Morgan fingerprint density at radius 3 is 2.20 bits per heavy atom. The summed E-state index contributed by atoms with van der Waals surface area (Å²) in [4.78, 5) is 24.1. The van der Waals surface area contributed by atoms with Gasteiger partial charge in [-0.2, -0.15) is 0 Å². The highest BCUT2D eigenvalue weighted by Crippen LogP contribution is 2.21. The number of methoxy groups -OCH3 is 2. The lowest BCUT2D eigenvalue weighted by atomic mass is 10.0. The van der Waals surface area contributed by atoms with Crippen LogP contribution in [0, 0.1) is 6.92 Å². The normalized spacial score (nSPS) is 11.5. The number of carbonyl (C=O) groups is 2. The minimum atomic E-state index is -0.448. The summed E-state index contributed by atoms with van der Waals surface area (Å²) in [7, 11) is 2.92. The lowest BCUT2D eigenvalue weighted by Gasteiger charge is -2.18. The van der Waals surface area contributed by atoms with E-state index >= 15 is 0 Å². The third kappa shape index (κ3) is 5.64. The third-order valence-corrected chi connectivity index (χ3v) is 3.94. The van der Waals surface area contributed by atoms with E-state index in [0.29, 0.717) is 5.75 Å². The van der Waals surface area contributed by atoms with Gasteiger partial charge in [0, 0.05) is 0 Å². The molecule has 0 aliphatic rings. The molecule has 5 nitrogen and oxygen atoms in total. The zero-order chi connectivity index (χ0) is 18.2. The van der Waals surface area contributed by atoms with Crippen molar-refractivity contribution in [2.75, 3.05) is 14.2 Å². The molecule has 2 aromatic rings. The Hall–Kier alpha value is -2.82. The summed E-state index contributed by atoms with van der Waals surface area (Å²) in [5.41, 5.74) is 2.89. The first-order valence-electron chi connectivity index (χ1n) is 8.07. The average Bonchev–Trinajstić information content (AvgIpc) is 2.63. The summed E-state index contributed by atoms with van der Waals surface area (Å²) in [5.74, 6) is 0.191. The van der Waals surface area contributed by atoms with Crippen molar-refractivity contribution in [1.82, 2.24) is 5.32 Å². The molecule has 0 aromatic heterocycles. The molecule has 2 aromatic carbocycles. The molecule has 1 unspecified atom stereocenters. The van der Waals surface area contributed by atoms with E-state index in [2.05, 4.69) is 5.32 Å². The van der Waals surface area contributed by atoms with E-state index in [1.807, 2.05) is 43.3 Å². The number of rotatable bonds is 7. The zero-order valence-electron chi connectivity index (χ0n) is 14.7. The van der Waals surface area contributed by atoms with Gasteiger partial charge in [0.1, 0.15) is 5.75 Å². The number of esters is 1. The molecular weight excluding hydrogens is 318 g/mol. The fraction of sp³-hybridized carbons (Fsp3) is 0.300. The standard InChI is InChI=1S/C20H23NO4/c1-14-4-6-15(7-5-14)12-19(22)21-18(13-20(23)25-3)16-8-10-17(24-2)11-9-16/h4-11,18H,12-13H2,1-3H3,(H,21,22). The van der Waals surface area contributed by atoms with Gasteiger partial charge in [-0.1, -0.05) is 42.0 Å². The number of aryl methyl sites for hydroxylation is 1. The lowest BCUT2D eigenvalue weighted by Crippen LogP contribution is -2.31. The van der Waals surface area contributed by atoms with Gasteiger partial charge in [0.2, 0.25) is 5.91 Å². The van der Waals surface area contributed by atoms with Crippen LogP contribution in [-0.2, 0) is 20.7 Å². The number of nitrogens with one attached hydrogen (secondary N) is 1. The van der Waals surface area contributed by atoms with Crippen LogP contribution in [-0.4, -0.2) is 26.1 Å². The Kier molecular flexibility index (Phi) is 6.57. The van der Waals surface area contributed by atoms with Gasteiger partial charge in [0.15, 0.2) is 0 Å². The molecule has 2 rings (SSSR count). The Bertz CT molecular complexity index is 707. The maximum absolute atomic E-state index is 12.4. The molecule has 1 atom stereocenters. The van der Waals surface area contributed by atoms with Gasteiger partial charge in [0.25, 0.3) is 0 Å². The second kappa shape index (κ2) is 8.87. The fourth-order valence-corrected chi connectivity index (χ4v) is 2.48. The van der Waals surface area contributed by atoms with Gasteiger partial charge in [0.05, 0.1) is 33.1 Å². The van der Waals surface area contributed by atoms with Crippen LogP contribution in [0.2, 0.25) is 0 Å². The number of amides is 1. The maximum atomic E-state index is 12.4. The first-order valence-corrected chi connectivity index (χ1v) is 8.07. The van der Waals surface area contributed by atoms with E-state index in [1.54, 1.807) is 19.2 Å². The van der Waals surface area contributed by atoms with Gasteiger partial charge >= 0.3 is 5.97 Å². The quantitative estimate of drug-likeness (QED) is 0.787. The van der Waals surface area contributed by atoms with Crippen LogP contribution in [0.4, 0.5) is 0 Å². The maximum Gasteiger partial charge on any atom is 0.307 e. The monoisotopic (exact) mass is 341 g/mol. The number of carbonyl (C=O) groups excluding carboxylic acids is 2. The molecule has 0 heterocycles. The lowest BCUT2D eigenvalue weighted by molar-refractivity contribution is -0.141. The topological polar surface area (TPSA) is 64.6 Å². The zero-order valence-corrected chi connectivity index (χ0v) is 14.7. The molecule has 0 aliphatic carbocycles. The summed E-state index contributed by atoms with van der Waals surface area (Å²) < 4.78 is 9.89. The van der Waals surface area contributed by atoms with E-state index in [-0.39, 0.29) is 24.7 Å². The third-order valence-electron chi connectivity index (χ3n) is 3.94. The summed E-state index contributed by atoms with van der Waals surface area (Å²) in [6, 6.07) is 14.6. The van der Waals surface area contributed by atoms with E-state index in [1.165, 1.54) is 7.11 Å². The fourth-order valence-electron chi connectivity index (χ4n) is 2.48. The largest absolute Gasteiger partial charge is 0.497 e. The van der Waals surface area contributed by atoms with Crippen LogP contribution >= 0.6 is 0 Å². The van der Waals surface area contributed by atoms with E-state index in [4.69, 9.17) is 9.47 Å². The van der Waals surface area contributed by atoms with Gasteiger partial charge < -0.3 is 14.8 Å². The molecule has 132 valence electrons. The van der Waals surface area contributed by atoms with Crippen molar-refractivity contribution < 1.29 is 19.1 Å². The van der Waals surface area contributed by atoms with Crippen molar-refractivity contribution in [1.29, 1.82) is 0 Å². The summed E-state index contributed by atoms with van der Waals surface area (Å²) in [5, 5.41) is 2.92. The highest BCUT2D eigenvalue weighted by molar-refractivity contribution is 5.80. The first-order chi connectivity index (χ1) is 12.0. The number of hydrogen-bond donors (Lipinski definition) is 1. The molecule has 25 heavy (non-hydrogen) atoms. The van der Waals surface area contributed by atoms with Crippen molar-refractivity contribution in [3.63, 3.8) is 0 Å². The van der Waals surface area contributed by atoms with Crippen molar-refractivity contribution in [2.45, 2.75) is 25.8 Å². The molecule has 0 fully saturated rings. The molecule has 0 aliphatic heterocycles. The Morgan fingerprint density at radius 1 is 1.00 bits per heavy atom. The van der Waals surface area contributed by atoms with Gasteiger partial charge in [-0.05, 0) is 30.2 Å². The van der Waals surface area contributed by atoms with Crippen LogP contribution in [0.25, 0.3) is 0 Å². The second-order valence-corrected chi connectivity index (χ2v) is 5.84. The highest BCUT2D eigenvalue weighted by atomic mass is 16.5. The summed E-state index contributed by atoms with van der Waals surface area (Å²) >= 11 is 0. The Labute approximate surface area is 148 Å². The van der Waals surface area contributed by atoms with Crippen LogP contribution in [0.15, 0.2) is 48.5 Å². The van der Waals surface area contributed by atoms with Crippen molar-refractivity contribution >= 4 is 11.9 Å². The van der Waals surface area contributed by atoms with Crippen molar-refractivity contribution in [3.8, 4) is 5.75 Å². The summed E-state index contributed by atoms with van der Waals surface area (Å²) in [6.45, 7) is 2.00. The molecule has 0 saturated carbocycles. The molecule has 5 heteroatoms. The molecule has 1 N–H and O–H groups in total. The molecular formula is C20H23NO4. The Balaban J connectivity index is 2.09. The minimum Gasteiger partial charge on any atom is -0.497 e. The predicted molar refractivity (Wildman–Crippen MR) is 95.4 cm³/mol. The average molecular weight is 341 g/mol. The van der Waals surface area contributed by atoms with Crippen molar-refractivity contribution in [2.24, 2.45) is 0 Å².